The molecule has 0 fully saturated rings. The minimum Gasteiger partial charge on any atom is -0.453 e. The highest BCUT2D eigenvalue weighted by molar-refractivity contribution is 9.11. The normalized spacial score (nSPS) is 12.9. The predicted octanol–water partition coefficient (Wildman–Crippen LogP) is 3.50. The third-order valence-corrected chi connectivity index (χ3v) is 4.21. The number of halogens is 2. The van der Waals surface area contributed by atoms with E-state index >= 15 is 0 Å². The molecule has 1 unspecified atom stereocenters. The van der Waals surface area contributed by atoms with E-state index in [4.69, 9.17) is 21.9 Å². The van der Waals surface area contributed by atoms with Crippen molar-refractivity contribution in [1.82, 2.24) is 5.43 Å². The van der Waals surface area contributed by atoms with Crippen LogP contribution < -0.4 is 11.3 Å². The van der Waals surface area contributed by atoms with Gasteiger partial charge in [-0.1, -0.05) is 0 Å². The zero-order chi connectivity index (χ0) is 11.5. The van der Waals surface area contributed by atoms with Gasteiger partial charge in [0, 0.05) is 16.9 Å². The van der Waals surface area contributed by atoms with Gasteiger partial charge < -0.3 is 4.42 Å². The third-order valence-electron chi connectivity index (χ3n) is 2.26. The fourth-order valence-corrected chi connectivity index (χ4v) is 3.25. The van der Waals surface area contributed by atoms with Crippen LogP contribution in [0.3, 0.4) is 0 Å². The summed E-state index contributed by atoms with van der Waals surface area (Å²) in [6.07, 6.45) is 2.35. The summed E-state index contributed by atoms with van der Waals surface area (Å²) in [7, 11) is 0. The summed E-state index contributed by atoms with van der Waals surface area (Å²) in [5.41, 5.74) is 3.63. The molecule has 1 atom stereocenters. The van der Waals surface area contributed by atoms with E-state index in [9.17, 15) is 0 Å². The average Bonchev–Trinajstić information content (AvgIpc) is 2.84. The first-order chi connectivity index (χ1) is 7.70. The van der Waals surface area contributed by atoms with E-state index < -0.39 is 0 Å². The number of hydrogen-bond donors (Lipinski definition) is 2. The van der Waals surface area contributed by atoms with Crippen LogP contribution in [0, 0.1) is 0 Å². The van der Waals surface area contributed by atoms with Crippen molar-refractivity contribution in [2.75, 3.05) is 0 Å². The van der Waals surface area contributed by atoms with Crippen molar-refractivity contribution >= 4 is 38.9 Å². The molecule has 0 amide bonds. The molecule has 16 heavy (non-hydrogen) atoms. The Bertz CT molecular complexity index is 471. The molecule has 0 bridgehead atoms. The van der Waals surface area contributed by atoms with Crippen molar-refractivity contribution in [3.05, 3.63) is 43.9 Å². The summed E-state index contributed by atoms with van der Waals surface area (Å²) in [5, 5.41) is 0.388. The summed E-state index contributed by atoms with van der Waals surface area (Å²) in [6.45, 7) is 0. The maximum Gasteiger partial charge on any atom is 0.197 e. The van der Waals surface area contributed by atoms with Gasteiger partial charge in [0.05, 0.1) is 16.1 Å². The molecule has 86 valence electrons. The smallest absolute Gasteiger partial charge is 0.197 e. The number of hydrazine groups is 1. The number of hydrogen-bond acceptors (Lipinski definition) is 4. The van der Waals surface area contributed by atoms with Gasteiger partial charge in [-0.05, 0) is 45.7 Å². The minimum atomic E-state index is -0.0307. The first-order valence-corrected chi connectivity index (χ1v) is 6.62. The van der Waals surface area contributed by atoms with Gasteiger partial charge in [0.25, 0.3) is 0 Å². The first-order valence-electron chi connectivity index (χ1n) is 4.64. The lowest BCUT2D eigenvalue weighted by Crippen LogP contribution is -2.29. The van der Waals surface area contributed by atoms with E-state index in [1.54, 1.807) is 17.6 Å². The van der Waals surface area contributed by atoms with Crippen LogP contribution in [0.2, 0.25) is 5.22 Å². The molecule has 0 aliphatic carbocycles. The lowest BCUT2D eigenvalue weighted by molar-refractivity contribution is 0.529. The second kappa shape index (κ2) is 5.33. The van der Waals surface area contributed by atoms with Crippen LogP contribution in [-0.2, 0) is 6.42 Å². The zero-order valence-electron chi connectivity index (χ0n) is 8.24. The lowest BCUT2D eigenvalue weighted by atomic mass is 10.1. The van der Waals surface area contributed by atoms with Crippen molar-refractivity contribution in [1.29, 1.82) is 0 Å². The molecule has 2 heterocycles. The Morgan fingerprint density at radius 3 is 2.81 bits per heavy atom. The number of nitrogens with two attached hydrogens (primary N) is 1. The van der Waals surface area contributed by atoms with Gasteiger partial charge in [-0.3, -0.25) is 11.3 Å². The van der Waals surface area contributed by atoms with E-state index in [-0.39, 0.29) is 6.04 Å². The molecule has 0 spiro atoms. The van der Waals surface area contributed by atoms with Crippen molar-refractivity contribution in [2.24, 2.45) is 5.84 Å². The van der Waals surface area contributed by atoms with Crippen LogP contribution >= 0.6 is 38.9 Å². The molecule has 0 aliphatic rings. The lowest BCUT2D eigenvalue weighted by Gasteiger charge is -2.13. The summed E-state index contributed by atoms with van der Waals surface area (Å²) in [6, 6.07) is 5.88. The molecule has 2 aromatic rings. The fraction of sp³-hybridized carbons (Fsp3) is 0.200. The van der Waals surface area contributed by atoms with Crippen LogP contribution in [-0.4, -0.2) is 0 Å². The SMILES string of the molecule is NNC(Cc1ccc(Br)s1)c1ccoc1Cl. The number of thiophene rings is 1. The highest BCUT2D eigenvalue weighted by Crippen LogP contribution is 2.30. The second-order valence-electron chi connectivity index (χ2n) is 3.28. The monoisotopic (exact) mass is 320 g/mol. The topological polar surface area (TPSA) is 51.2 Å². The summed E-state index contributed by atoms with van der Waals surface area (Å²) < 4.78 is 6.16. The van der Waals surface area contributed by atoms with E-state index in [2.05, 4.69) is 27.4 Å². The highest BCUT2D eigenvalue weighted by atomic mass is 79.9. The number of nitrogens with one attached hydrogen (secondary N) is 1. The van der Waals surface area contributed by atoms with Gasteiger partial charge in [0.15, 0.2) is 5.22 Å². The zero-order valence-corrected chi connectivity index (χ0v) is 11.4. The van der Waals surface area contributed by atoms with Crippen LogP contribution in [0.15, 0.2) is 32.7 Å². The number of furan rings is 1. The molecule has 0 radical (unpaired) electrons. The van der Waals surface area contributed by atoms with E-state index in [0.29, 0.717) is 5.22 Å². The van der Waals surface area contributed by atoms with Crippen LogP contribution in [0.4, 0.5) is 0 Å². The van der Waals surface area contributed by atoms with E-state index in [1.807, 2.05) is 12.1 Å². The summed E-state index contributed by atoms with van der Waals surface area (Å²) >= 11 is 11.0. The van der Waals surface area contributed by atoms with Crippen LogP contribution in [0.25, 0.3) is 0 Å². The van der Waals surface area contributed by atoms with E-state index in [0.717, 1.165) is 15.8 Å². The average molecular weight is 322 g/mol. The van der Waals surface area contributed by atoms with Gasteiger partial charge in [-0.25, -0.2) is 0 Å². The van der Waals surface area contributed by atoms with Gasteiger partial charge in [0.1, 0.15) is 0 Å². The van der Waals surface area contributed by atoms with Crippen molar-refractivity contribution < 1.29 is 4.42 Å². The Labute approximate surface area is 111 Å². The molecule has 2 rings (SSSR count). The quantitative estimate of drug-likeness (QED) is 0.669. The van der Waals surface area contributed by atoms with Crippen molar-refractivity contribution in [3.63, 3.8) is 0 Å². The van der Waals surface area contributed by atoms with E-state index in [1.165, 1.54) is 4.88 Å². The maximum absolute atomic E-state index is 5.92. The van der Waals surface area contributed by atoms with Gasteiger partial charge >= 0.3 is 0 Å². The standard InChI is InChI=1S/C10H10BrClN2OS/c11-9-2-1-6(16-9)5-8(14-13)7-3-4-15-10(7)12/h1-4,8,14H,5,13H2. The Kier molecular flexibility index (Phi) is 4.05. The van der Waals surface area contributed by atoms with Gasteiger partial charge in [0.2, 0.25) is 0 Å². The fourth-order valence-electron chi connectivity index (χ4n) is 1.48. The molecule has 0 aromatic carbocycles. The second-order valence-corrected chi connectivity index (χ2v) is 6.17. The molecule has 0 saturated heterocycles. The minimum absolute atomic E-state index is 0.0307. The Morgan fingerprint density at radius 1 is 1.50 bits per heavy atom. The van der Waals surface area contributed by atoms with Crippen LogP contribution in [0.5, 0.6) is 0 Å². The maximum atomic E-state index is 5.92. The Morgan fingerprint density at radius 2 is 2.31 bits per heavy atom. The molecular formula is C10H10BrClN2OS. The highest BCUT2D eigenvalue weighted by Gasteiger charge is 2.16. The Hall–Kier alpha value is -0.330. The molecule has 6 heteroatoms. The summed E-state index contributed by atoms with van der Waals surface area (Å²) in [5.74, 6) is 5.53. The molecule has 3 N–H and O–H groups in total. The molecular weight excluding hydrogens is 312 g/mol. The summed E-state index contributed by atoms with van der Waals surface area (Å²) in [4.78, 5) is 1.23. The van der Waals surface area contributed by atoms with Gasteiger partial charge in [-0.15, -0.1) is 11.3 Å². The largest absolute Gasteiger partial charge is 0.453 e. The van der Waals surface area contributed by atoms with Crippen LogP contribution in [0.1, 0.15) is 16.5 Å². The predicted molar refractivity (Wildman–Crippen MR) is 69.5 cm³/mol. The molecule has 0 aliphatic heterocycles. The number of rotatable bonds is 4. The molecule has 2 aromatic heterocycles. The Balaban J connectivity index is 2.15. The third kappa shape index (κ3) is 2.67. The van der Waals surface area contributed by atoms with Gasteiger partial charge in [-0.2, -0.15) is 0 Å². The molecule has 0 saturated carbocycles. The molecule has 3 nitrogen and oxygen atoms in total. The first kappa shape index (κ1) is 12.1. The van der Waals surface area contributed by atoms with Crippen molar-refractivity contribution in [2.45, 2.75) is 12.5 Å². The van der Waals surface area contributed by atoms with Crippen molar-refractivity contribution in [3.8, 4) is 0 Å².